The Hall–Kier alpha value is -2.13. The first-order valence-electron chi connectivity index (χ1n) is 6.15. The summed E-state index contributed by atoms with van der Waals surface area (Å²) in [5, 5.41) is 10.6. The molecule has 21 heavy (non-hydrogen) atoms. The zero-order chi connectivity index (χ0) is 14.7. The first-order chi connectivity index (χ1) is 10.2. The lowest BCUT2D eigenvalue weighted by Crippen LogP contribution is -2.11. The van der Waals surface area contributed by atoms with Gasteiger partial charge in [-0.1, -0.05) is 23.1 Å². The Labute approximate surface area is 128 Å². The molecular formula is C12H12N6OS2. The number of thioether (sulfide) groups is 1. The number of hydrogen-bond donors (Lipinski definition) is 3. The Bertz CT molecular complexity index is 754. The topological polar surface area (TPSA) is 110 Å². The number of aromatic amines is 1. The summed E-state index contributed by atoms with van der Waals surface area (Å²) >= 11 is 2.86. The highest BCUT2D eigenvalue weighted by Crippen LogP contribution is 2.27. The monoisotopic (exact) mass is 320 g/mol. The molecule has 3 rings (SSSR count). The number of rotatable bonds is 5. The van der Waals surface area contributed by atoms with Crippen LogP contribution in [0.15, 0.2) is 29.7 Å². The van der Waals surface area contributed by atoms with E-state index < -0.39 is 0 Å². The van der Waals surface area contributed by atoms with Gasteiger partial charge in [0.2, 0.25) is 5.91 Å². The van der Waals surface area contributed by atoms with E-state index in [-0.39, 0.29) is 5.91 Å². The highest BCUT2D eigenvalue weighted by atomic mass is 32.2. The fourth-order valence-electron chi connectivity index (χ4n) is 1.68. The van der Waals surface area contributed by atoms with Crippen LogP contribution in [0.25, 0.3) is 10.2 Å². The zero-order valence-electron chi connectivity index (χ0n) is 10.9. The molecular weight excluding hydrogens is 308 g/mol. The highest BCUT2D eigenvalue weighted by Gasteiger charge is 2.08. The molecule has 2 heterocycles. The van der Waals surface area contributed by atoms with Crippen molar-refractivity contribution in [3.05, 3.63) is 24.5 Å². The van der Waals surface area contributed by atoms with E-state index in [0.29, 0.717) is 28.1 Å². The number of amides is 1. The number of fused-ring (bicyclic) bond motifs is 1. The second-order valence-corrected chi connectivity index (χ2v) is 6.30. The van der Waals surface area contributed by atoms with E-state index in [9.17, 15) is 4.79 Å². The van der Waals surface area contributed by atoms with Gasteiger partial charge in [-0.15, -0.1) is 0 Å². The van der Waals surface area contributed by atoms with Gasteiger partial charge >= 0.3 is 0 Å². The van der Waals surface area contributed by atoms with Crippen LogP contribution >= 0.6 is 23.1 Å². The number of benzene rings is 1. The molecule has 0 aliphatic rings. The summed E-state index contributed by atoms with van der Waals surface area (Å²) in [5.41, 5.74) is 7.24. The van der Waals surface area contributed by atoms with Gasteiger partial charge in [0, 0.05) is 17.9 Å². The van der Waals surface area contributed by atoms with Crippen LogP contribution in [0.1, 0.15) is 6.42 Å². The van der Waals surface area contributed by atoms with Crippen molar-refractivity contribution in [2.75, 3.05) is 16.8 Å². The maximum atomic E-state index is 11.9. The van der Waals surface area contributed by atoms with Crippen LogP contribution in [0.5, 0.6) is 0 Å². The highest BCUT2D eigenvalue weighted by molar-refractivity contribution is 7.99. The first kappa shape index (κ1) is 13.8. The van der Waals surface area contributed by atoms with Gasteiger partial charge in [-0.25, -0.2) is 9.97 Å². The van der Waals surface area contributed by atoms with E-state index in [2.05, 4.69) is 25.5 Å². The predicted molar refractivity (Wildman–Crippen MR) is 84.4 cm³/mol. The molecule has 108 valence electrons. The van der Waals surface area contributed by atoms with E-state index in [1.165, 1.54) is 29.4 Å². The smallest absolute Gasteiger partial charge is 0.226 e. The molecule has 0 fully saturated rings. The number of anilines is 2. The Morgan fingerprint density at radius 2 is 2.38 bits per heavy atom. The largest absolute Gasteiger partial charge is 0.399 e. The summed E-state index contributed by atoms with van der Waals surface area (Å²) in [5.74, 6) is 0.549. The fraction of sp³-hybridized carbons (Fsp3) is 0.167. The van der Waals surface area contributed by atoms with Crippen LogP contribution in [0, 0.1) is 0 Å². The minimum absolute atomic E-state index is 0.0750. The molecule has 0 saturated heterocycles. The van der Waals surface area contributed by atoms with Gasteiger partial charge in [-0.05, 0) is 18.2 Å². The minimum atomic E-state index is -0.0750. The van der Waals surface area contributed by atoms with Crippen molar-refractivity contribution in [1.82, 2.24) is 20.2 Å². The normalized spacial score (nSPS) is 10.9. The SMILES string of the molecule is Nc1ccc2nc(NC(=O)CCSc3ncn[nH]3)sc2c1. The molecule has 0 spiro atoms. The van der Waals surface area contributed by atoms with Gasteiger partial charge < -0.3 is 11.1 Å². The van der Waals surface area contributed by atoms with E-state index in [1.54, 1.807) is 6.07 Å². The summed E-state index contributed by atoms with van der Waals surface area (Å²) in [6.45, 7) is 0. The molecule has 0 unspecified atom stereocenters. The van der Waals surface area contributed by atoms with Crippen molar-refractivity contribution < 1.29 is 4.79 Å². The lowest BCUT2D eigenvalue weighted by Gasteiger charge is -1.99. The third-order valence-electron chi connectivity index (χ3n) is 2.62. The predicted octanol–water partition coefficient (Wildman–Crippen LogP) is 2.12. The average molecular weight is 320 g/mol. The first-order valence-corrected chi connectivity index (χ1v) is 7.95. The number of aromatic nitrogens is 4. The Morgan fingerprint density at radius 1 is 1.48 bits per heavy atom. The summed E-state index contributed by atoms with van der Waals surface area (Å²) in [6.07, 6.45) is 1.82. The third-order valence-corrected chi connectivity index (χ3v) is 4.43. The average Bonchev–Trinajstić information content (AvgIpc) is 3.07. The van der Waals surface area contributed by atoms with Crippen molar-refractivity contribution in [3.63, 3.8) is 0 Å². The van der Waals surface area contributed by atoms with Gasteiger partial charge in [0.25, 0.3) is 0 Å². The van der Waals surface area contributed by atoms with Gasteiger partial charge in [0.1, 0.15) is 6.33 Å². The number of thiazole rings is 1. The third kappa shape index (κ3) is 3.50. The van der Waals surface area contributed by atoms with Crippen LogP contribution in [0.3, 0.4) is 0 Å². The van der Waals surface area contributed by atoms with Crippen molar-refractivity contribution in [2.24, 2.45) is 0 Å². The van der Waals surface area contributed by atoms with Crippen LogP contribution < -0.4 is 11.1 Å². The van der Waals surface area contributed by atoms with Gasteiger partial charge in [0.05, 0.1) is 10.2 Å². The van der Waals surface area contributed by atoms with Crippen molar-refractivity contribution >= 4 is 50.0 Å². The zero-order valence-corrected chi connectivity index (χ0v) is 12.5. The molecule has 7 nitrogen and oxygen atoms in total. The molecule has 0 bridgehead atoms. The molecule has 0 aliphatic carbocycles. The fourth-order valence-corrected chi connectivity index (χ4v) is 3.33. The summed E-state index contributed by atoms with van der Waals surface area (Å²) in [6, 6.07) is 5.49. The second-order valence-electron chi connectivity index (χ2n) is 4.18. The summed E-state index contributed by atoms with van der Waals surface area (Å²) in [4.78, 5) is 20.2. The van der Waals surface area contributed by atoms with Gasteiger partial charge in [0.15, 0.2) is 10.3 Å². The number of carbonyl (C=O) groups excluding carboxylic acids is 1. The minimum Gasteiger partial charge on any atom is -0.399 e. The van der Waals surface area contributed by atoms with Crippen LogP contribution in [0.4, 0.5) is 10.8 Å². The Balaban J connectivity index is 1.55. The molecule has 3 aromatic rings. The summed E-state index contributed by atoms with van der Waals surface area (Å²) < 4.78 is 0.960. The van der Waals surface area contributed by atoms with Crippen LogP contribution in [-0.4, -0.2) is 31.8 Å². The van der Waals surface area contributed by atoms with E-state index in [1.807, 2.05) is 12.1 Å². The van der Waals surface area contributed by atoms with Gasteiger partial charge in [-0.2, -0.15) is 5.10 Å². The summed E-state index contributed by atoms with van der Waals surface area (Å²) in [7, 11) is 0. The molecule has 0 aliphatic heterocycles. The quantitative estimate of drug-likeness (QED) is 0.490. The van der Waals surface area contributed by atoms with Crippen LogP contribution in [-0.2, 0) is 4.79 Å². The van der Waals surface area contributed by atoms with Crippen LogP contribution in [0.2, 0.25) is 0 Å². The number of nitrogens with zero attached hydrogens (tertiary/aromatic N) is 3. The van der Waals surface area contributed by atoms with Crippen molar-refractivity contribution in [2.45, 2.75) is 11.6 Å². The van der Waals surface area contributed by atoms with E-state index >= 15 is 0 Å². The number of nitrogens with two attached hydrogens (primary N) is 1. The number of hydrogen-bond acceptors (Lipinski definition) is 7. The maximum absolute atomic E-state index is 11.9. The molecule has 0 saturated carbocycles. The Morgan fingerprint density at radius 3 is 3.19 bits per heavy atom. The molecule has 0 atom stereocenters. The molecule has 9 heteroatoms. The van der Waals surface area contributed by atoms with E-state index in [4.69, 9.17) is 5.73 Å². The molecule has 2 aromatic heterocycles. The second kappa shape index (κ2) is 6.10. The molecule has 1 amide bonds. The maximum Gasteiger partial charge on any atom is 0.226 e. The molecule has 4 N–H and O–H groups in total. The molecule has 0 radical (unpaired) electrons. The lowest BCUT2D eigenvalue weighted by atomic mass is 10.3. The van der Waals surface area contributed by atoms with Crippen molar-refractivity contribution in [1.29, 1.82) is 0 Å². The van der Waals surface area contributed by atoms with E-state index in [0.717, 1.165) is 10.2 Å². The van der Waals surface area contributed by atoms with Gasteiger partial charge in [-0.3, -0.25) is 9.89 Å². The van der Waals surface area contributed by atoms with Crippen molar-refractivity contribution in [3.8, 4) is 0 Å². The lowest BCUT2D eigenvalue weighted by molar-refractivity contribution is -0.115. The number of nitrogen functional groups attached to an aromatic ring is 1. The molecule has 1 aromatic carbocycles. The number of carbonyl (C=O) groups is 1. The number of nitrogens with one attached hydrogen (secondary N) is 2. The standard InChI is InChI=1S/C12H12N6OS2/c13-7-1-2-8-9(5-7)21-12(16-8)17-10(19)3-4-20-11-14-6-15-18-11/h1-2,5-6H,3-4,13H2,(H,14,15,18)(H,16,17,19). The number of H-pyrrole nitrogens is 1. The Kier molecular flexibility index (Phi) is 4.02.